The van der Waals surface area contributed by atoms with Gasteiger partial charge < -0.3 is 14.9 Å². The lowest BCUT2D eigenvalue weighted by atomic mass is 10.0. The van der Waals surface area contributed by atoms with Crippen LogP contribution in [-0.2, 0) is 9.53 Å². The highest BCUT2D eigenvalue weighted by atomic mass is 16.5. The summed E-state index contributed by atoms with van der Waals surface area (Å²) in [6.45, 7) is 5.91. The number of ether oxygens (including phenoxy) is 1. The van der Waals surface area contributed by atoms with Crippen molar-refractivity contribution in [2.24, 2.45) is 5.92 Å². The van der Waals surface area contributed by atoms with E-state index in [2.05, 4.69) is 5.32 Å². The Morgan fingerprint density at radius 2 is 1.95 bits per heavy atom. The summed E-state index contributed by atoms with van der Waals surface area (Å²) in [5, 5.41) is 22.3. The van der Waals surface area contributed by atoms with E-state index in [0.717, 1.165) is 0 Å². The molecule has 0 aliphatic heterocycles. The summed E-state index contributed by atoms with van der Waals surface area (Å²) in [6, 6.07) is 3.75. The molecule has 0 bridgehead atoms. The van der Waals surface area contributed by atoms with E-state index in [-0.39, 0.29) is 23.5 Å². The standard InChI is InChI=1S/C15H23NO4/c1-9(2)7-13(15(19)20-4)16-10(3)12-6-5-11(17)8-14(12)18/h5-6,8-10,13,16-18H,7H2,1-4H3. The van der Waals surface area contributed by atoms with Gasteiger partial charge in [0, 0.05) is 17.7 Å². The molecule has 0 radical (unpaired) electrons. The van der Waals surface area contributed by atoms with Crippen molar-refractivity contribution in [3.8, 4) is 11.5 Å². The molecule has 0 saturated heterocycles. The van der Waals surface area contributed by atoms with E-state index >= 15 is 0 Å². The zero-order chi connectivity index (χ0) is 15.3. The summed E-state index contributed by atoms with van der Waals surface area (Å²) in [5.74, 6) is 0.0272. The van der Waals surface area contributed by atoms with E-state index in [1.54, 1.807) is 6.07 Å². The molecule has 0 saturated carbocycles. The third-order valence-corrected chi connectivity index (χ3v) is 3.12. The van der Waals surface area contributed by atoms with Crippen molar-refractivity contribution in [1.82, 2.24) is 5.32 Å². The van der Waals surface area contributed by atoms with Crippen LogP contribution >= 0.6 is 0 Å². The fourth-order valence-electron chi connectivity index (χ4n) is 2.14. The average molecular weight is 281 g/mol. The average Bonchev–Trinajstić information content (AvgIpc) is 2.36. The number of hydrogen-bond acceptors (Lipinski definition) is 5. The molecule has 0 aliphatic rings. The molecule has 5 nitrogen and oxygen atoms in total. The molecule has 3 N–H and O–H groups in total. The second-order valence-electron chi connectivity index (χ2n) is 5.34. The molecule has 112 valence electrons. The maximum Gasteiger partial charge on any atom is 0.322 e. The van der Waals surface area contributed by atoms with Crippen LogP contribution in [0.1, 0.15) is 38.8 Å². The zero-order valence-corrected chi connectivity index (χ0v) is 12.4. The fourth-order valence-corrected chi connectivity index (χ4v) is 2.14. The van der Waals surface area contributed by atoms with E-state index in [1.807, 2.05) is 20.8 Å². The number of rotatable bonds is 6. The van der Waals surface area contributed by atoms with Gasteiger partial charge in [-0.2, -0.15) is 0 Å². The van der Waals surface area contributed by atoms with Crippen LogP contribution in [0.4, 0.5) is 0 Å². The van der Waals surface area contributed by atoms with Gasteiger partial charge in [-0.05, 0) is 25.3 Å². The number of phenols is 2. The van der Waals surface area contributed by atoms with Gasteiger partial charge in [0.05, 0.1) is 7.11 Å². The summed E-state index contributed by atoms with van der Waals surface area (Å²) in [7, 11) is 1.36. The van der Waals surface area contributed by atoms with Crippen LogP contribution in [0.5, 0.6) is 11.5 Å². The number of aromatic hydroxyl groups is 2. The van der Waals surface area contributed by atoms with Gasteiger partial charge in [-0.3, -0.25) is 10.1 Å². The molecule has 0 spiro atoms. The number of hydrogen-bond donors (Lipinski definition) is 3. The molecule has 0 aromatic heterocycles. The summed E-state index contributed by atoms with van der Waals surface area (Å²) >= 11 is 0. The van der Waals surface area contributed by atoms with Crippen LogP contribution in [0.15, 0.2) is 18.2 Å². The third kappa shape index (κ3) is 4.42. The first kappa shape index (κ1) is 16.3. The highest BCUT2D eigenvalue weighted by Gasteiger charge is 2.23. The molecule has 0 fully saturated rings. The molecule has 20 heavy (non-hydrogen) atoms. The van der Waals surface area contributed by atoms with Crippen molar-refractivity contribution in [1.29, 1.82) is 0 Å². The molecule has 2 unspecified atom stereocenters. The first-order chi connectivity index (χ1) is 9.35. The summed E-state index contributed by atoms with van der Waals surface area (Å²) in [5.41, 5.74) is 0.625. The Morgan fingerprint density at radius 1 is 1.30 bits per heavy atom. The summed E-state index contributed by atoms with van der Waals surface area (Å²) < 4.78 is 4.80. The molecule has 1 rings (SSSR count). The summed E-state index contributed by atoms with van der Waals surface area (Å²) in [4.78, 5) is 11.8. The molecular weight excluding hydrogens is 258 g/mol. The minimum atomic E-state index is -0.428. The monoisotopic (exact) mass is 281 g/mol. The highest BCUT2D eigenvalue weighted by molar-refractivity contribution is 5.75. The topological polar surface area (TPSA) is 78.8 Å². The van der Waals surface area contributed by atoms with E-state index in [9.17, 15) is 15.0 Å². The first-order valence-corrected chi connectivity index (χ1v) is 6.70. The van der Waals surface area contributed by atoms with Gasteiger partial charge in [0.15, 0.2) is 0 Å². The van der Waals surface area contributed by atoms with Crippen molar-refractivity contribution in [2.75, 3.05) is 7.11 Å². The molecule has 0 amide bonds. The first-order valence-electron chi connectivity index (χ1n) is 6.70. The largest absolute Gasteiger partial charge is 0.508 e. The number of carbonyl (C=O) groups excluding carboxylic acids is 1. The Kier molecular flexibility index (Phi) is 5.82. The Balaban J connectivity index is 2.84. The van der Waals surface area contributed by atoms with Gasteiger partial charge in [0.2, 0.25) is 0 Å². The number of carbonyl (C=O) groups is 1. The molecule has 1 aromatic carbocycles. The van der Waals surface area contributed by atoms with Crippen molar-refractivity contribution in [2.45, 2.75) is 39.3 Å². The normalized spacial score (nSPS) is 14.1. The second kappa shape index (κ2) is 7.14. The van der Waals surface area contributed by atoms with E-state index < -0.39 is 6.04 Å². The van der Waals surface area contributed by atoms with E-state index in [0.29, 0.717) is 17.9 Å². The maximum atomic E-state index is 11.8. The Labute approximate surface area is 119 Å². The van der Waals surface area contributed by atoms with Crippen molar-refractivity contribution in [3.63, 3.8) is 0 Å². The zero-order valence-electron chi connectivity index (χ0n) is 12.4. The molecule has 2 atom stereocenters. The molecule has 1 aromatic rings. The van der Waals surface area contributed by atoms with Crippen molar-refractivity contribution < 1.29 is 19.7 Å². The minimum absolute atomic E-state index is 0.00170. The number of phenolic OH excluding ortho intramolecular Hbond substituents is 2. The van der Waals surface area contributed by atoms with Crippen LogP contribution in [0.25, 0.3) is 0 Å². The number of methoxy groups -OCH3 is 1. The maximum absolute atomic E-state index is 11.8. The Bertz CT molecular complexity index is 459. The Hall–Kier alpha value is -1.75. The van der Waals surface area contributed by atoms with Crippen LogP contribution in [0.2, 0.25) is 0 Å². The predicted molar refractivity (Wildman–Crippen MR) is 76.6 cm³/mol. The lowest BCUT2D eigenvalue weighted by Gasteiger charge is -2.23. The number of benzene rings is 1. The lowest BCUT2D eigenvalue weighted by molar-refractivity contribution is -0.143. The van der Waals surface area contributed by atoms with Crippen LogP contribution < -0.4 is 5.32 Å². The van der Waals surface area contributed by atoms with Gasteiger partial charge in [-0.1, -0.05) is 19.9 Å². The highest BCUT2D eigenvalue weighted by Crippen LogP contribution is 2.28. The van der Waals surface area contributed by atoms with Gasteiger partial charge >= 0.3 is 5.97 Å². The van der Waals surface area contributed by atoms with Crippen LogP contribution in [-0.4, -0.2) is 29.3 Å². The van der Waals surface area contributed by atoms with E-state index in [1.165, 1.54) is 19.2 Å². The van der Waals surface area contributed by atoms with Gasteiger partial charge in [-0.25, -0.2) is 0 Å². The predicted octanol–water partition coefficient (Wildman–Crippen LogP) is 2.34. The fraction of sp³-hybridized carbons (Fsp3) is 0.533. The van der Waals surface area contributed by atoms with Gasteiger partial charge in [0.1, 0.15) is 17.5 Å². The van der Waals surface area contributed by atoms with Crippen molar-refractivity contribution in [3.05, 3.63) is 23.8 Å². The number of esters is 1. The smallest absolute Gasteiger partial charge is 0.322 e. The lowest BCUT2D eigenvalue weighted by Crippen LogP contribution is -2.40. The number of nitrogens with one attached hydrogen (secondary N) is 1. The molecule has 5 heteroatoms. The van der Waals surface area contributed by atoms with Gasteiger partial charge in [-0.15, -0.1) is 0 Å². The Morgan fingerprint density at radius 3 is 2.45 bits per heavy atom. The van der Waals surface area contributed by atoms with Crippen molar-refractivity contribution >= 4 is 5.97 Å². The van der Waals surface area contributed by atoms with E-state index in [4.69, 9.17) is 4.74 Å². The summed E-state index contributed by atoms with van der Waals surface area (Å²) in [6.07, 6.45) is 0.649. The van der Waals surface area contributed by atoms with Crippen LogP contribution in [0.3, 0.4) is 0 Å². The second-order valence-corrected chi connectivity index (χ2v) is 5.34. The molecule has 0 heterocycles. The quantitative estimate of drug-likeness (QED) is 0.697. The third-order valence-electron chi connectivity index (χ3n) is 3.12. The van der Waals surface area contributed by atoms with Gasteiger partial charge in [0.25, 0.3) is 0 Å². The van der Waals surface area contributed by atoms with Crippen LogP contribution in [0, 0.1) is 5.92 Å². The SMILES string of the molecule is COC(=O)C(CC(C)C)NC(C)c1ccc(O)cc1O. The molecule has 0 aliphatic carbocycles. The minimum Gasteiger partial charge on any atom is -0.508 e. The molecular formula is C15H23NO4.